The molecule has 0 amide bonds. The minimum Gasteiger partial charge on any atom is -0.395 e. The molecule has 8 heteroatoms. The number of aromatic amines is 1. The van der Waals surface area contributed by atoms with E-state index >= 15 is 0 Å². The molecule has 0 fully saturated rings. The van der Waals surface area contributed by atoms with Crippen molar-refractivity contribution in [2.45, 2.75) is 24.8 Å². The van der Waals surface area contributed by atoms with Crippen LogP contribution in [0.5, 0.6) is 0 Å². The van der Waals surface area contributed by atoms with Gasteiger partial charge in [-0.15, -0.1) is 0 Å². The first-order valence-corrected chi connectivity index (χ1v) is 6.16. The number of H-pyrrole nitrogens is 1. The molecular formula is C8H15N3O4S. The van der Waals surface area contributed by atoms with Crippen molar-refractivity contribution in [3.05, 3.63) is 11.4 Å². The average Bonchev–Trinajstić information content (AvgIpc) is 2.55. The minimum absolute atomic E-state index is 0.0550. The molecule has 0 aliphatic carbocycles. The first-order chi connectivity index (χ1) is 7.42. The van der Waals surface area contributed by atoms with Gasteiger partial charge in [-0.1, -0.05) is 0 Å². The molecule has 0 bridgehead atoms. The maximum absolute atomic E-state index is 11.9. The van der Waals surface area contributed by atoms with Crippen LogP contribution in [-0.4, -0.2) is 48.1 Å². The predicted molar refractivity (Wildman–Crippen MR) is 56.3 cm³/mol. The van der Waals surface area contributed by atoms with Gasteiger partial charge >= 0.3 is 0 Å². The van der Waals surface area contributed by atoms with Crippen molar-refractivity contribution < 1.29 is 18.6 Å². The summed E-state index contributed by atoms with van der Waals surface area (Å²) in [5.74, 6) is 0. The number of aromatic nitrogens is 2. The Morgan fingerprint density at radius 3 is 2.31 bits per heavy atom. The Hall–Kier alpha value is -0.960. The fourth-order valence-electron chi connectivity index (χ4n) is 1.35. The number of hydrogen-bond acceptors (Lipinski definition) is 5. The molecule has 0 spiro atoms. The summed E-state index contributed by atoms with van der Waals surface area (Å²) in [6.45, 7) is 2.21. The number of hydrogen-bond donors (Lipinski definition) is 4. The third-order valence-electron chi connectivity index (χ3n) is 2.09. The Bertz CT molecular complexity index is 430. The lowest BCUT2D eigenvalue weighted by atomic mass is 10.4. The SMILES string of the molecule is Cc1n[nH]c(C)c1S(=O)(=O)NC(CO)CO. The van der Waals surface area contributed by atoms with Crippen molar-refractivity contribution in [3.63, 3.8) is 0 Å². The Balaban J connectivity index is 3.03. The van der Waals surface area contributed by atoms with Gasteiger partial charge in [-0.3, -0.25) is 5.10 Å². The smallest absolute Gasteiger partial charge is 0.244 e. The molecule has 0 saturated heterocycles. The summed E-state index contributed by atoms with van der Waals surface area (Å²) in [6.07, 6.45) is 0. The lowest BCUT2D eigenvalue weighted by molar-refractivity contribution is 0.185. The van der Waals surface area contributed by atoms with Gasteiger partial charge < -0.3 is 10.2 Å². The fourth-order valence-corrected chi connectivity index (χ4v) is 2.94. The van der Waals surface area contributed by atoms with E-state index in [1.165, 1.54) is 0 Å². The number of aliphatic hydroxyl groups is 2. The van der Waals surface area contributed by atoms with Gasteiger partial charge in [0.2, 0.25) is 10.0 Å². The van der Waals surface area contributed by atoms with Crippen LogP contribution in [0.25, 0.3) is 0 Å². The summed E-state index contributed by atoms with van der Waals surface area (Å²) in [6, 6.07) is -0.904. The molecule has 16 heavy (non-hydrogen) atoms. The van der Waals surface area contributed by atoms with Crippen LogP contribution in [0.1, 0.15) is 11.4 Å². The Morgan fingerprint density at radius 2 is 1.94 bits per heavy atom. The molecule has 0 saturated carbocycles. The average molecular weight is 249 g/mol. The van der Waals surface area contributed by atoms with Crippen molar-refractivity contribution in [2.75, 3.05) is 13.2 Å². The van der Waals surface area contributed by atoms with Crippen LogP contribution in [0, 0.1) is 13.8 Å². The molecule has 0 aliphatic heterocycles. The second-order valence-corrected chi connectivity index (χ2v) is 5.10. The molecule has 0 aromatic carbocycles. The summed E-state index contributed by atoms with van der Waals surface area (Å²) in [5, 5.41) is 24.0. The molecule has 0 atom stereocenters. The lowest BCUT2D eigenvalue weighted by Crippen LogP contribution is -2.40. The van der Waals surface area contributed by atoms with Crippen LogP contribution in [0.2, 0.25) is 0 Å². The van der Waals surface area contributed by atoms with E-state index < -0.39 is 29.3 Å². The highest BCUT2D eigenvalue weighted by Crippen LogP contribution is 2.16. The molecule has 1 heterocycles. The van der Waals surface area contributed by atoms with Crippen LogP contribution >= 0.6 is 0 Å². The van der Waals surface area contributed by atoms with E-state index in [4.69, 9.17) is 10.2 Å². The quantitative estimate of drug-likeness (QED) is 0.515. The van der Waals surface area contributed by atoms with Crippen LogP contribution in [0.15, 0.2) is 4.90 Å². The van der Waals surface area contributed by atoms with Crippen molar-refractivity contribution in [1.82, 2.24) is 14.9 Å². The zero-order chi connectivity index (χ0) is 12.3. The van der Waals surface area contributed by atoms with Crippen LogP contribution < -0.4 is 4.72 Å². The summed E-state index contributed by atoms with van der Waals surface area (Å²) in [7, 11) is -3.77. The summed E-state index contributed by atoms with van der Waals surface area (Å²) >= 11 is 0. The van der Waals surface area contributed by atoms with E-state index in [0.717, 1.165) is 0 Å². The zero-order valence-electron chi connectivity index (χ0n) is 9.06. The Morgan fingerprint density at radius 1 is 1.38 bits per heavy atom. The predicted octanol–water partition coefficient (Wildman–Crippen LogP) is -1.34. The highest BCUT2D eigenvalue weighted by atomic mass is 32.2. The standard InChI is InChI=1S/C8H15N3O4S/c1-5-8(6(2)10-9-5)16(14,15)11-7(3-12)4-13/h7,11-13H,3-4H2,1-2H3,(H,9,10). The van der Waals surface area contributed by atoms with Gasteiger partial charge in [0, 0.05) is 0 Å². The van der Waals surface area contributed by atoms with Crippen molar-refractivity contribution >= 4 is 10.0 Å². The molecule has 92 valence electrons. The van der Waals surface area contributed by atoms with Gasteiger partial charge in [-0.2, -0.15) is 5.10 Å². The summed E-state index contributed by atoms with van der Waals surface area (Å²) in [5.41, 5.74) is 0.763. The van der Waals surface area contributed by atoms with Crippen molar-refractivity contribution in [1.29, 1.82) is 0 Å². The van der Waals surface area contributed by atoms with E-state index in [1.54, 1.807) is 13.8 Å². The number of sulfonamides is 1. The van der Waals surface area contributed by atoms with Gasteiger partial charge in [0.05, 0.1) is 30.6 Å². The molecule has 1 aromatic heterocycles. The zero-order valence-corrected chi connectivity index (χ0v) is 9.87. The second kappa shape index (κ2) is 4.91. The van der Waals surface area contributed by atoms with Crippen molar-refractivity contribution in [2.24, 2.45) is 0 Å². The minimum atomic E-state index is -3.77. The Labute approximate surface area is 93.6 Å². The maximum Gasteiger partial charge on any atom is 0.244 e. The van der Waals surface area contributed by atoms with E-state index in [0.29, 0.717) is 11.4 Å². The van der Waals surface area contributed by atoms with E-state index in [-0.39, 0.29) is 4.90 Å². The fraction of sp³-hybridized carbons (Fsp3) is 0.625. The van der Waals surface area contributed by atoms with Gasteiger partial charge in [0.1, 0.15) is 4.90 Å². The van der Waals surface area contributed by atoms with Gasteiger partial charge in [0.25, 0.3) is 0 Å². The highest BCUT2D eigenvalue weighted by molar-refractivity contribution is 7.89. The topological polar surface area (TPSA) is 115 Å². The van der Waals surface area contributed by atoms with Gasteiger partial charge in [-0.05, 0) is 13.8 Å². The highest BCUT2D eigenvalue weighted by Gasteiger charge is 2.24. The molecule has 0 radical (unpaired) electrons. The summed E-state index contributed by atoms with van der Waals surface area (Å²) < 4.78 is 25.9. The third-order valence-corrected chi connectivity index (χ3v) is 3.87. The third kappa shape index (κ3) is 2.59. The number of rotatable bonds is 5. The molecule has 1 rings (SSSR count). The molecular weight excluding hydrogens is 234 g/mol. The summed E-state index contributed by atoms with van der Waals surface area (Å²) in [4.78, 5) is 0.0550. The molecule has 4 N–H and O–H groups in total. The lowest BCUT2D eigenvalue weighted by Gasteiger charge is -2.13. The van der Waals surface area contributed by atoms with Crippen LogP contribution in [0.3, 0.4) is 0 Å². The van der Waals surface area contributed by atoms with Gasteiger partial charge in [-0.25, -0.2) is 13.1 Å². The number of aryl methyl sites for hydroxylation is 2. The molecule has 0 aliphatic rings. The molecule has 1 aromatic rings. The van der Waals surface area contributed by atoms with Crippen LogP contribution in [-0.2, 0) is 10.0 Å². The monoisotopic (exact) mass is 249 g/mol. The first kappa shape index (κ1) is 13.1. The largest absolute Gasteiger partial charge is 0.395 e. The second-order valence-electron chi connectivity index (χ2n) is 3.45. The number of aliphatic hydroxyl groups excluding tert-OH is 2. The van der Waals surface area contributed by atoms with E-state index in [2.05, 4.69) is 14.9 Å². The molecule has 7 nitrogen and oxygen atoms in total. The molecule has 0 unspecified atom stereocenters. The van der Waals surface area contributed by atoms with Gasteiger partial charge in [0.15, 0.2) is 0 Å². The van der Waals surface area contributed by atoms with E-state index in [9.17, 15) is 8.42 Å². The first-order valence-electron chi connectivity index (χ1n) is 4.68. The van der Waals surface area contributed by atoms with Crippen LogP contribution in [0.4, 0.5) is 0 Å². The van der Waals surface area contributed by atoms with Crippen molar-refractivity contribution in [3.8, 4) is 0 Å². The number of nitrogens with one attached hydrogen (secondary N) is 2. The Kier molecular flexibility index (Phi) is 4.03. The normalized spacial score (nSPS) is 12.3. The maximum atomic E-state index is 11.9. The number of nitrogens with zero attached hydrogens (tertiary/aromatic N) is 1. The van der Waals surface area contributed by atoms with E-state index in [1.807, 2.05) is 0 Å².